The van der Waals surface area contributed by atoms with Crippen LogP contribution in [0.4, 0.5) is 11.4 Å². The lowest BCUT2D eigenvalue weighted by Gasteiger charge is -2.33. The normalized spacial score (nSPS) is 18.1. The highest BCUT2D eigenvalue weighted by Gasteiger charge is 2.34. The summed E-state index contributed by atoms with van der Waals surface area (Å²) in [6, 6.07) is 21.2. The van der Waals surface area contributed by atoms with Crippen molar-refractivity contribution in [3.8, 4) is 0 Å². The Kier molecular flexibility index (Phi) is 3.92. The largest absolute Gasteiger partial charge is 0.493 e. The van der Waals surface area contributed by atoms with E-state index in [1.165, 1.54) is 10.8 Å². The lowest BCUT2D eigenvalue weighted by Crippen LogP contribution is -2.52. The second-order valence-electron chi connectivity index (χ2n) is 8.22. The highest BCUT2D eigenvalue weighted by molar-refractivity contribution is 6.80. The maximum absolute atomic E-state index is 5.96. The predicted molar refractivity (Wildman–Crippen MR) is 114 cm³/mol. The van der Waals surface area contributed by atoms with Crippen molar-refractivity contribution in [2.24, 2.45) is 5.41 Å². The van der Waals surface area contributed by atoms with E-state index in [-0.39, 0.29) is 19.5 Å². The quantitative estimate of drug-likeness (QED) is 0.694. The molecule has 27 heavy (non-hydrogen) atoms. The van der Waals surface area contributed by atoms with Crippen LogP contribution in [0.25, 0.3) is 10.8 Å². The molecule has 6 heteroatoms. The molecule has 3 aromatic carbocycles. The molecule has 134 valence electrons. The molecule has 0 aromatic heterocycles. The Morgan fingerprint density at radius 2 is 1.41 bits per heavy atom. The Labute approximate surface area is 160 Å². The van der Waals surface area contributed by atoms with E-state index in [4.69, 9.17) is 9.31 Å². The number of benzene rings is 3. The van der Waals surface area contributed by atoms with Crippen molar-refractivity contribution in [1.29, 1.82) is 0 Å². The molecule has 1 fully saturated rings. The molecule has 5 rings (SSSR count). The summed E-state index contributed by atoms with van der Waals surface area (Å²) in [6.45, 7) is 5.74. The molecule has 0 aliphatic carbocycles. The first kappa shape index (κ1) is 16.7. The van der Waals surface area contributed by atoms with Crippen LogP contribution < -0.4 is 21.4 Å². The molecule has 2 aliphatic heterocycles. The number of nitrogens with one attached hydrogen (secondary N) is 2. The second kappa shape index (κ2) is 6.32. The van der Waals surface area contributed by atoms with E-state index in [0.29, 0.717) is 13.2 Å². The van der Waals surface area contributed by atoms with Gasteiger partial charge in [-0.25, -0.2) is 0 Å². The van der Waals surface area contributed by atoms with Crippen LogP contribution in [0.3, 0.4) is 0 Å². The highest BCUT2D eigenvalue weighted by atomic mass is 16.6. The first-order valence-electron chi connectivity index (χ1n) is 9.47. The maximum atomic E-state index is 5.96. The van der Waals surface area contributed by atoms with Gasteiger partial charge in [0.05, 0.1) is 0 Å². The van der Waals surface area contributed by atoms with E-state index in [2.05, 4.69) is 85.0 Å². The third kappa shape index (κ3) is 3.09. The van der Waals surface area contributed by atoms with Gasteiger partial charge >= 0.3 is 14.1 Å². The van der Waals surface area contributed by atoms with Crippen LogP contribution in [0.5, 0.6) is 0 Å². The molecule has 0 radical (unpaired) electrons. The fourth-order valence-corrected chi connectivity index (χ4v) is 3.87. The summed E-state index contributed by atoms with van der Waals surface area (Å²) in [5.41, 5.74) is 4.61. The summed E-state index contributed by atoms with van der Waals surface area (Å²) in [5, 5.41) is 9.74. The number of hydrogen-bond acceptors (Lipinski definition) is 4. The molecule has 0 bridgehead atoms. The van der Waals surface area contributed by atoms with Gasteiger partial charge in [-0.3, -0.25) is 0 Å². The van der Waals surface area contributed by atoms with Gasteiger partial charge in [-0.15, -0.1) is 0 Å². The first-order chi connectivity index (χ1) is 13.1. The molecule has 1 saturated heterocycles. The highest BCUT2D eigenvalue weighted by Crippen LogP contribution is 2.33. The third-order valence-corrected chi connectivity index (χ3v) is 5.27. The Morgan fingerprint density at radius 1 is 0.815 bits per heavy atom. The van der Waals surface area contributed by atoms with Crippen molar-refractivity contribution < 1.29 is 9.31 Å². The molecule has 2 heterocycles. The molecule has 2 N–H and O–H groups in total. The van der Waals surface area contributed by atoms with Crippen molar-refractivity contribution in [2.75, 3.05) is 23.7 Å². The van der Waals surface area contributed by atoms with E-state index >= 15 is 0 Å². The van der Waals surface area contributed by atoms with Crippen molar-refractivity contribution in [1.82, 2.24) is 0 Å². The van der Waals surface area contributed by atoms with Crippen molar-refractivity contribution >= 4 is 47.2 Å². The van der Waals surface area contributed by atoms with Crippen LogP contribution in [0.15, 0.2) is 60.7 Å². The van der Waals surface area contributed by atoms with Gasteiger partial charge < -0.3 is 19.8 Å². The molecular weight excluding hydrogens is 334 g/mol. The molecular formula is C21H22B2N2O2. The lowest BCUT2D eigenvalue weighted by molar-refractivity contribution is 0.0343. The summed E-state index contributed by atoms with van der Waals surface area (Å²) in [6.07, 6.45) is 0. The van der Waals surface area contributed by atoms with Crippen LogP contribution in [0.1, 0.15) is 13.8 Å². The zero-order valence-corrected chi connectivity index (χ0v) is 15.7. The zero-order chi connectivity index (χ0) is 18.4. The minimum absolute atomic E-state index is 0.00508. The lowest BCUT2D eigenvalue weighted by atomic mass is 9.63. The molecule has 0 atom stereocenters. The third-order valence-electron chi connectivity index (χ3n) is 5.27. The summed E-state index contributed by atoms with van der Waals surface area (Å²) in [5.74, 6) is 0. The van der Waals surface area contributed by atoms with Gasteiger partial charge in [-0.1, -0.05) is 62.4 Å². The van der Waals surface area contributed by atoms with Crippen molar-refractivity contribution in [2.45, 2.75) is 13.8 Å². The minimum Gasteiger partial charge on any atom is -0.407 e. The van der Waals surface area contributed by atoms with Gasteiger partial charge in [0.25, 0.3) is 0 Å². The van der Waals surface area contributed by atoms with Crippen molar-refractivity contribution in [3.05, 3.63) is 60.7 Å². The maximum Gasteiger partial charge on any atom is 0.493 e. The van der Waals surface area contributed by atoms with E-state index in [1.807, 2.05) is 0 Å². The molecule has 0 unspecified atom stereocenters. The van der Waals surface area contributed by atoms with Crippen LogP contribution in [0, 0.1) is 5.41 Å². The first-order valence-corrected chi connectivity index (χ1v) is 9.47. The number of hydrogen-bond donors (Lipinski definition) is 2. The Balaban J connectivity index is 1.43. The molecule has 0 spiro atoms. The number of anilines is 2. The Hall–Kier alpha value is -2.43. The standard InChI is InChI=1S/C21H22B2N2O2/c1-21(2)13-26-23(27-14-21)17-9-5-8-16(12-17)22-24-18-10-3-6-15-7-4-11-19(25-22)20(15)18/h3-12,24-25H,13-14H2,1-2H3. The predicted octanol–water partition coefficient (Wildman–Crippen LogP) is 2.84. The van der Waals surface area contributed by atoms with Gasteiger partial charge in [0, 0.05) is 35.4 Å². The second-order valence-corrected chi connectivity index (χ2v) is 8.22. The average molecular weight is 356 g/mol. The smallest absolute Gasteiger partial charge is 0.407 e. The zero-order valence-electron chi connectivity index (χ0n) is 15.7. The summed E-state index contributed by atoms with van der Waals surface area (Å²) >= 11 is 0. The van der Waals surface area contributed by atoms with E-state index in [1.54, 1.807) is 0 Å². The van der Waals surface area contributed by atoms with Crippen LogP contribution >= 0.6 is 0 Å². The molecule has 0 saturated carbocycles. The number of rotatable bonds is 2. The molecule has 0 amide bonds. The summed E-state index contributed by atoms with van der Waals surface area (Å²) in [4.78, 5) is 0. The van der Waals surface area contributed by atoms with E-state index < -0.39 is 0 Å². The van der Waals surface area contributed by atoms with Crippen LogP contribution in [-0.4, -0.2) is 27.3 Å². The minimum atomic E-state index is -0.294. The van der Waals surface area contributed by atoms with Gasteiger partial charge in [-0.05, 0) is 28.4 Å². The van der Waals surface area contributed by atoms with E-state index in [0.717, 1.165) is 22.3 Å². The topological polar surface area (TPSA) is 42.5 Å². The SMILES string of the molecule is CC1(C)COB(c2cccc(B3Nc4cccc5cccc(c45)N3)c2)OC1. The molecule has 4 nitrogen and oxygen atoms in total. The van der Waals surface area contributed by atoms with E-state index in [9.17, 15) is 0 Å². The fraction of sp³-hybridized carbons (Fsp3) is 0.238. The van der Waals surface area contributed by atoms with Gasteiger partial charge in [0.15, 0.2) is 0 Å². The molecule has 2 aliphatic rings. The summed E-state index contributed by atoms with van der Waals surface area (Å²) < 4.78 is 11.9. The summed E-state index contributed by atoms with van der Waals surface area (Å²) in [7, 11) is -0.294. The van der Waals surface area contributed by atoms with Gasteiger partial charge in [0.2, 0.25) is 0 Å². The Bertz CT molecular complexity index is 958. The fourth-order valence-electron chi connectivity index (χ4n) is 3.87. The Morgan fingerprint density at radius 3 is 2.07 bits per heavy atom. The monoisotopic (exact) mass is 356 g/mol. The van der Waals surface area contributed by atoms with Crippen molar-refractivity contribution in [3.63, 3.8) is 0 Å². The van der Waals surface area contributed by atoms with Gasteiger partial charge in [0.1, 0.15) is 0 Å². The van der Waals surface area contributed by atoms with Gasteiger partial charge in [-0.2, -0.15) is 0 Å². The van der Waals surface area contributed by atoms with Crippen LogP contribution in [-0.2, 0) is 9.31 Å². The average Bonchev–Trinajstić information content (AvgIpc) is 2.68. The molecule has 3 aromatic rings. The van der Waals surface area contributed by atoms with Crippen LogP contribution in [0.2, 0.25) is 0 Å².